The number of carbonyl (C=O) groups is 27. The Balaban J connectivity index is 1.79. The van der Waals surface area contributed by atoms with Crippen LogP contribution in [-0.4, -0.2) is 347 Å². The Kier molecular flexibility index (Phi) is 55.6. The average molecular weight is 2110 g/mol. The lowest BCUT2D eigenvalue weighted by Crippen LogP contribution is -2.59. The van der Waals surface area contributed by atoms with Crippen LogP contribution in [0.4, 0.5) is 0 Å². The van der Waals surface area contributed by atoms with Crippen molar-refractivity contribution in [2.24, 2.45) is 17.2 Å². The van der Waals surface area contributed by atoms with Crippen LogP contribution in [0, 0.1) is 0 Å². The van der Waals surface area contributed by atoms with Crippen LogP contribution in [0.3, 0.4) is 0 Å². The Labute approximate surface area is 861 Å². The molecule has 32 N–H and O–H groups in total. The minimum atomic E-state index is -1.34. The van der Waals surface area contributed by atoms with Gasteiger partial charge in [-0.3, -0.25) is 129 Å². The number of rotatable bonds is 61. The van der Waals surface area contributed by atoms with Crippen LogP contribution in [0.15, 0.2) is 24.3 Å². The molecular weight excluding hydrogens is 1960 g/mol. The predicted octanol–water partition coefficient (Wildman–Crippen LogP) is -12.5. The summed E-state index contributed by atoms with van der Waals surface area (Å²) in [4.78, 5) is 354. The third-order valence-corrected chi connectivity index (χ3v) is 23.0. The van der Waals surface area contributed by atoms with Gasteiger partial charge in [0.15, 0.2) is 0 Å². The number of nitrogens with one attached hydrogen (secondary N) is 25. The van der Waals surface area contributed by atoms with E-state index in [0.29, 0.717) is 44.2 Å². The maximum Gasteiger partial charge on any atom is 0.245 e. The van der Waals surface area contributed by atoms with Gasteiger partial charge in [0.25, 0.3) is 0 Å². The molecule has 1 aromatic rings. The number of benzene rings is 1. The van der Waals surface area contributed by atoms with Crippen molar-refractivity contribution in [3.63, 3.8) is 0 Å². The van der Waals surface area contributed by atoms with Crippen LogP contribution < -0.4 is 150 Å². The first-order valence-corrected chi connectivity index (χ1v) is 48.7. The largest absolute Gasteiger partial charge is 0.508 e. The van der Waals surface area contributed by atoms with Gasteiger partial charge in [0.2, 0.25) is 159 Å². The zero-order valence-corrected chi connectivity index (χ0v) is 87.7. The molecule has 1 heterocycles. The monoisotopic (exact) mass is 2110 g/mol. The second-order valence-corrected chi connectivity index (χ2v) is 36.6. The summed E-state index contributed by atoms with van der Waals surface area (Å²) in [7, 11) is 0. The Bertz CT molecular complexity index is 4950. The maximum atomic E-state index is 13.7. The minimum Gasteiger partial charge on any atom is -0.508 e. The molecule has 149 heavy (non-hydrogen) atoms. The van der Waals surface area contributed by atoms with Gasteiger partial charge in [-0.1, -0.05) is 12.1 Å². The van der Waals surface area contributed by atoms with Gasteiger partial charge in [-0.05, 0) is 221 Å². The van der Waals surface area contributed by atoms with Crippen LogP contribution in [0.5, 0.6) is 5.75 Å². The molecule has 24 atom stereocenters. The van der Waals surface area contributed by atoms with E-state index in [2.05, 4.69) is 133 Å². The van der Waals surface area contributed by atoms with Gasteiger partial charge >= 0.3 is 0 Å². The summed E-state index contributed by atoms with van der Waals surface area (Å²) in [5, 5.41) is 69.8. The van der Waals surface area contributed by atoms with Crippen molar-refractivity contribution in [1.29, 1.82) is 0 Å². The third-order valence-electron chi connectivity index (χ3n) is 23.0. The Hall–Kier alpha value is -15.4. The number of unbranched alkanes of at least 4 members (excludes halogenated alkanes) is 2. The van der Waals surface area contributed by atoms with E-state index in [0.717, 1.165) is 0 Å². The molecule has 1 aliphatic heterocycles. The molecule has 0 spiro atoms. The molecule has 0 aromatic heterocycles. The van der Waals surface area contributed by atoms with E-state index in [1.54, 1.807) is 12.1 Å². The molecule has 1 aromatic carbocycles. The molecule has 0 radical (unpaired) electrons. The summed E-state index contributed by atoms with van der Waals surface area (Å²) in [5.74, 6) is -22.3. The number of carbonyl (C=O) groups excluding carboxylic acids is 27. The smallest absolute Gasteiger partial charge is 0.245 e. The van der Waals surface area contributed by atoms with Gasteiger partial charge in [0, 0.05) is 19.9 Å². The Morgan fingerprint density at radius 1 is 0.282 bits per heavy atom. The SMILES string of the molecule is CC(=O)N[C@@H](Cc1ccc(O)cc1)C(=O)NCC(=O)N[C@@H](CCCCN)C(=O)N[C@@H](C)C(=O)N[C@@H](C)C(=O)N[C@@H](C)C(=O)N[C@@H](C)C(=O)N[C@@H](C)C(=O)N[C@@H](C)C(=O)N[C@@H](C)C(=O)N[C@@H](C)C(=O)N[C@@H](C)C(=O)N[C@@H](C)C(=O)N1CCC[C@H]1C(=O)NCC(=O)N[C@@H](C)C(=O)N[C@@H](C)C(=O)N[C@@H](C)C(=O)N[C@@H](C)C(=O)N[C@@H](C)C(=O)N[C@@H](C)C(=O)N[C@@H](C)C(=O)N[C@@H](C)C(=O)N[C@@H](C)C(=O)N[C@@H](C)C(=O)N[C@@H](CCCCN)C(N)=O. The normalized spacial score (nSPS) is 16.6. The molecule has 0 bridgehead atoms. The zero-order valence-electron chi connectivity index (χ0n) is 87.7. The van der Waals surface area contributed by atoms with Crippen molar-refractivity contribution >= 4 is 159 Å². The van der Waals surface area contributed by atoms with Gasteiger partial charge in [-0.2, -0.15) is 0 Å². The van der Waals surface area contributed by atoms with E-state index in [1.807, 2.05) is 0 Å². The molecule has 1 aliphatic rings. The van der Waals surface area contributed by atoms with Crippen LogP contribution in [0.25, 0.3) is 0 Å². The summed E-state index contributed by atoms with van der Waals surface area (Å²) >= 11 is 0. The predicted molar refractivity (Wildman–Crippen MR) is 531 cm³/mol. The van der Waals surface area contributed by atoms with Crippen molar-refractivity contribution in [2.75, 3.05) is 32.7 Å². The quantitative estimate of drug-likeness (QED) is 0.0269. The van der Waals surface area contributed by atoms with Gasteiger partial charge in [-0.25, -0.2) is 0 Å². The molecule has 57 nitrogen and oxygen atoms in total. The first-order chi connectivity index (χ1) is 69.4. The molecule has 27 amide bonds. The second kappa shape index (κ2) is 63.9. The molecule has 0 aliphatic carbocycles. The lowest BCUT2D eigenvalue weighted by atomic mass is 10.0. The van der Waals surface area contributed by atoms with Crippen molar-refractivity contribution in [2.45, 2.75) is 348 Å². The van der Waals surface area contributed by atoms with Crippen molar-refractivity contribution < 1.29 is 135 Å². The summed E-state index contributed by atoms with van der Waals surface area (Å²) in [6.45, 7) is 26.1. The fraction of sp³-hybridized carbons (Fsp3) is 0.641. The molecule has 2 rings (SSSR count). The second-order valence-electron chi connectivity index (χ2n) is 36.6. The maximum absolute atomic E-state index is 13.7. The summed E-state index contributed by atoms with van der Waals surface area (Å²) < 4.78 is 0. The molecule has 0 saturated carbocycles. The Morgan fingerprint density at radius 2 is 0.517 bits per heavy atom. The molecular formula is C92H151N29O28. The topological polar surface area (TPSA) is 863 Å². The third kappa shape index (κ3) is 46.5. The molecule has 57 heteroatoms. The highest BCUT2D eigenvalue weighted by atomic mass is 16.3. The minimum absolute atomic E-state index is 0.0147. The lowest BCUT2D eigenvalue weighted by Gasteiger charge is -2.28. The van der Waals surface area contributed by atoms with Crippen LogP contribution in [0.1, 0.15) is 202 Å². The molecule has 832 valence electrons. The highest BCUT2D eigenvalue weighted by Crippen LogP contribution is 2.20. The van der Waals surface area contributed by atoms with E-state index in [1.165, 1.54) is 162 Å². The molecule has 1 fully saturated rings. The first-order valence-electron chi connectivity index (χ1n) is 48.7. The first kappa shape index (κ1) is 130. The standard InChI is InChI=1S/C92H151N29O28/c1-40(70(127)99-41(2)71(128)100-42(3)72(129)101-43(4)73(130)102-44(5)74(131)103-46(7)76(133)106-49(10)79(136)109-52(13)82(139)112-55(16)85(142)115-58(19)88(145)120-63(69(95)126)27-22-24-34-93)98-67(124)38-97-91(148)66-29-26-36-121(66)92(149)59(20)117-87(144)56(17)114-84(141)53(14)111-81(138)50(11)108-78(135)47(8)105-75(132)45(6)104-77(134)48(9)107-80(137)51(12)110-83(140)54(15)113-86(143)57(18)116-90(147)64(28-23-25-35-94)119-68(125)39-96-89(146)65(118-60(21)122)37-61-30-32-62(123)33-31-61/h30-33,40-59,63-66,123H,22-29,34-39,93-94H2,1-21H3,(H2,95,126)(H,96,146)(H,97,148)(H,98,124)(H,99,127)(H,100,128)(H,101,129)(H,102,130)(H,103,131)(H,104,134)(H,105,132)(H,106,133)(H,107,137)(H,108,135)(H,109,136)(H,110,140)(H,111,138)(H,112,139)(H,113,143)(H,114,141)(H,115,142)(H,116,147)(H,117,144)(H,118,122)(H,119,125)(H,120,145)/t40-,41-,42-,43-,44-,45-,46-,47-,48-,49-,50-,51-,52-,53-,54-,55-,56-,57-,58-,59-,63-,64-,65-,66-/m0/s1. The fourth-order valence-corrected chi connectivity index (χ4v) is 13.5. The van der Waals surface area contributed by atoms with Crippen molar-refractivity contribution in [3.05, 3.63) is 29.8 Å². The van der Waals surface area contributed by atoms with Gasteiger partial charge in [0.1, 0.15) is 151 Å². The number of hydrogen-bond acceptors (Lipinski definition) is 30. The fourth-order valence-electron chi connectivity index (χ4n) is 13.5. The number of nitrogens with two attached hydrogens (primary N) is 3. The Morgan fingerprint density at radius 3 is 0.779 bits per heavy atom. The highest BCUT2D eigenvalue weighted by molar-refractivity contribution is 6.03. The number of likely N-dealkylation sites (tertiary alicyclic amines) is 1. The average Bonchev–Trinajstić information content (AvgIpc) is 1.70. The van der Waals surface area contributed by atoms with Crippen LogP contribution in [-0.2, 0) is 136 Å². The van der Waals surface area contributed by atoms with Gasteiger partial charge in [0.05, 0.1) is 13.1 Å². The van der Waals surface area contributed by atoms with Crippen molar-refractivity contribution in [1.82, 2.24) is 138 Å². The van der Waals surface area contributed by atoms with Crippen molar-refractivity contribution in [3.8, 4) is 5.75 Å². The van der Waals surface area contributed by atoms with E-state index >= 15 is 0 Å². The number of hydrogen-bond donors (Lipinski definition) is 29. The molecule has 1 saturated heterocycles. The zero-order chi connectivity index (χ0) is 114. The van der Waals surface area contributed by atoms with Crippen LogP contribution >= 0.6 is 0 Å². The van der Waals surface area contributed by atoms with E-state index in [-0.39, 0.29) is 44.5 Å². The number of amides is 27. The summed E-state index contributed by atoms with van der Waals surface area (Å²) in [6, 6.07) is -24.5. The molecule has 0 unspecified atom stereocenters. The number of nitrogens with zero attached hydrogens (tertiary/aromatic N) is 1. The van der Waals surface area contributed by atoms with Crippen LogP contribution in [0.2, 0.25) is 0 Å². The number of primary amides is 1. The number of phenols is 1. The lowest BCUT2D eigenvalue weighted by molar-refractivity contribution is -0.141. The van der Waals surface area contributed by atoms with E-state index in [4.69, 9.17) is 17.2 Å². The van der Waals surface area contributed by atoms with E-state index < -0.39 is 318 Å². The van der Waals surface area contributed by atoms with Gasteiger partial charge < -0.3 is 160 Å². The summed E-state index contributed by atoms with van der Waals surface area (Å²) in [6.07, 6.45) is 2.73. The summed E-state index contributed by atoms with van der Waals surface area (Å²) in [5.41, 5.74) is 17.1. The van der Waals surface area contributed by atoms with E-state index in [9.17, 15) is 135 Å². The van der Waals surface area contributed by atoms with Gasteiger partial charge in [-0.15, -0.1) is 0 Å². The number of aromatic hydroxyl groups is 1. The number of phenolic OH excluding ortho intramolecular Hbond substituents is 1. The highest BCUT2D eigenvalue weighted by Gasteiger charge is 2.40.